The highest BCUT2D eigenvalue weighted by Crippen LogP contribution is 2.38. The van der Waals surface area contributed by atoms with Crippen LogP contribution in [0, 0.1) is 0 Å². The number of thiazole rings is 1. The molecular weight excluding hydrogens is 368 g/mol. The fourth-order valence-electron chi connectivity index (χ4n) is 2.86. The topological polar surface area (TPSA) is 33.2 Å². The van der Waals surface area contributed by atoms with E-state index in [2.05, 4.69) is 30.1 Å². The van der Waals surface area contributed by atoms with Crippen molar-refractivity contribution in [1.29, 1.82) is 0 Å². The van der Waals surface area contributed by atoms with Crippen LogP contribution in [0.1, 0.15) is 13.3 Å². The van der Waals surface area contributed by atoms with Crippen molar-refractivity contribution in [2.45, 2.75) is 27.8 Å². The Balaban J connectivity index is 1.50. The number of hydrogen-bond acceptors (Lipinski definition) is 5. The third-order valence-electron chi connectivity index (χ3n) is 4.14. The van der Waals surface area contributed by atoms with Gasteiger partial charge in [-0.25, -0.2) is 4.98 Å². The van der Waals surface area contributed by atoms with E-state index in [0.29, 0.717) is 11.0 Å². The van der Waals surface area contributed by atoms with Crippen LogP contribution in [0.2, 0.25) is 0 Å². The van der Waals surface area contributed by atoms with Gasteiger partial charge in [0.1, 0.15) is 0 Å². The lowest BCUT2D eigenvalue weighted by Crippen LogP contribution is -2.33. The highest BCUT2D eigenvalue weighted by molar-refractivity contribution is 8.01. The van der Waals surface area contributed by atoms with Gasteiger partial charge >= 0.3 is 0 Å². The van der Waals surface area contributed by atoms with Gasteiger partial charge in [0.25, 0.3) is 0 Å². The number of nitrogens with zero attached hydrogens (tertiary/aromatic N) is 2. The molecule has 0 bridgehead atoms. The molecule has 6 heteroatoms. The number of carbonyl (C=O) groups is 1. The van der Waals surface area contributed by atoms with Crippen LogP contribution < -0.4 is 4.90 Å². The average Bonchev–Trinajstić information content (AvgIpc) is 2.96. The normalized spacial score (nSPS) is 17.3. The second-order valence-corrected chi connectivity index (χ2v) is 9.70. The number of para-hydroxylation sites is 2. The van der Waals surface area contributed by atoms with E-state index in [1.54, 1.807) is 11.3 Å². The second kappa shape index (κ2) is 7.40. The van der Waals surface area contributed by atoms with E-state index in [9.17, 15) is 4.79 Å². The highest BCUT2D eigenvalue weighted by atomic mass is 32.2. The Morgan fingerprint density at radius 1 is 1.24 bits per heavy atom. The minimum atomic E-state index is 0.159. The Morgan fingerprint density at radius 3 is 2.92 bits per heavy atom. The van der Waals surface area contributed by atoms with Crippen LogP contribution in [0.4, 0.5) is 5.69 Å². The van der Waals surface area contributed by atoms with Gasteiger partial charge < -0.3 is 4.90 Å². The largest absolute Gasteiger partial charge is 0.311 e. The molecule has 0 aliphatic carbocycles. The number of benzene rings is 2. The summed E-state index contributed by atoms with van der Waals surface area (Å²) in [6, 6.07) is 16.3. The van der Waals surface area contributed by atoms with Gasteiger partial charge in [-0.15, -0.1) is 23.1 Å². The van der Waals surface area contributed by atoms with E-state index >= 15 is 0 Å². The first-order valence-corrected chi connectivity index (χ1v) is 10.9. The molecule has 1 atom stereocenters. The number of fused-ring (bicyclic) bond motifs is 2. The van der Waals surface area contributed by atoms with Crippen molar-refractivity contribution >= 4 is 56.7 Å². The molecule has 0 unspecified atom stereocenters. The van der Waals surface area contributed by atoms with Crippen molar-refractivity contribution < 1.29 is 4.79 Å². The van der Waals surface area contributed by atoms with E-state index < -0.39 is 0 Å². The second-order valence-electron chi connectivity index (χ2n) is 5.97. The lowest BCUT2D eigenvalue weighted by Gasteiger charge is -2.22. The standard InChI is InChI=1S/C19H18N2OS3/c1-13-10-11-21(15-7-3-5-9-17(15)24-13)18(22)12-23-19-20-14-6-2-4-8-16(14)25-19/h2-9,13H,10-12H2,1H3/t13-/m1/s1. The molecule has 25 heavy (non-hydrogen) atoms. The first-order chi connectivity index (χ1) is 12.2. The van der Waals surface area contributed by atoms with Gasteiger partial charge in [0.05, 0.1) is 21.7 Å². The van der Waals surface area contributed by atoms with E-state index in [1.165, 1.54) is 21.4 Å². The van der Waals surface area contributed by atoms with Gasteiger partial charge in [0, 0.05) is 16.7 Å². The summed E-state index contributed by atoms with van der Waals surface area (Å²) in [6.07, 6.45) is 1.01. The van der Waals surface area contributed by atoms with Gasteiger partial charge in [-0.05, 0) is 30.7 Å². The summed E-state index contributed by atoms with van der Waals surface area (Å²) in [5, 5.41) is 0.524. The molecule has 0 saturated carbocycles. The molecule has 0 spiro atoms. The van der Waals surface area contributed by atoms with Gasteiger partial charge in [-0.3, -0.25) is 4.79 Å². The van der Waals surface area contributed by atoms with Crippen LogP contribution in [0.5, 0.6) is 0 Å². The van der Waals surface area contributed by atoms with Crippen molar-refractivity contribution in [1.82, 2.24) is 4.98 Å². The maximum Gasteiger partial charge on any atom is 0.237 e. The van der Waals surface area contributed by atoms with Crippen molar-refractivity contribution in [3.63, 3.8) is 0 Å². The Kier molecular flexibility index (Phi) is 5.01. The lowest BCUT2D eigenvalue weighted by molar-refractivity contribution is -0.116. The van der Waals surface area contributed by atoms with E-state index in [4.69, 9.17) is 0 Å². The molecule has 1 aliphatic rings. The molecule has 3 nitrogen and oxygen atoms in total. The van der Waals surface area contributed by atoms with Crippen LogP contribution >= 0.6 is 34.9 Å². The fourth-order valence-corrected chi connectivity index (χ4v) is 5.92. The molecule has 1 amide bonds. The number of carbonyl (C=O) groups excluding carboxylic acids is 1. The molecule has 0 radical (unpaired) electrons. The SMILES string of the molecule is C[C@@H]1CCN(C(=O)CSc2nc3ccccc3s2)c2ccccc2S1. The number of aromatic nitrogens is 1. The molecule has 3 aromatic rings. The number of anilines is 1. The van der Waals surface area contributed by atoms with Gasteiger partial charge in [0.2, 0.25) is 5.91 Å². The third kappa shape index (κ3) is 3.71. The van der Waals surface area contributed by atoms with Crippen molar-refractivity contribution in [3.05, 3.63) is 48.5 Å². The summed E-state index contributed by atoms with van der Waals surface area (Å²) in [5.74, 6) is 0.583. The predicted molar refractivity (Wildman–Crippen MR) is 109 cm³/mol. The molecule has 2 aromatic carbocycles. The van der Waals surface area contributed by atoms with Crippen LogP contribution in [0.15, 0.2) is 57.8 Å². The maximum atomic E-state index is 12.9. The smallest absolute Gasteiger partial charge is 0.237 e. The van der Waals surface area contributed by atoms with Gasteiger partial charge in [-0.1, -0.05) is 43.0 Å². The zero-order valence-electron chi connectivity index (χ0n) is 13.8. The molecule has 128 valence electrons. The molecule has 0 fully saturated rings. The summed E-state index contributed by atoms with van der Waals surface area (Å²) >= 11 is 5.05. The maximum absolute atomic E-state index is 12.9. The van der Waals surface area contributed by atoms with Crippen LogP contribution in [0.3, 0.4) is 0 Å². The molecule has 4 rings (SSSR count). The first kappa shape index (κ1) is 16.9. The summed E-state index contributed by atoms with van der Waals surface area (Å²) in [4.78, 5) is 20.6. The number of amides is 1. The van der Waals surface area contributed by atoms with Crippen LogP contribution in [-0.2, 0) is 4.79 Å². The lowest BCUT2D eigenvalue weighted by atomic mass is 10.2. The molecular formula is C19H18N2OS3. The zero-order chi connectivity index (χ0) is 17.2. The Labute approximate surface area is 159 Å². The van der Waals surface area contributed by atoms with E-state index in [0.717, 1.165) is 28.5 Å². The Hall–Kier alpha value is -1.50. The quantitative estimate of drug-likeness (QED) is 0.572. The minimum Gasteiger partial charge on any atom is -0.311 e. The first-order valence-electron chi connectivity index (χ1n) is 8.25. The molecule has 2 heterocycles. The summed E-state index contributed by atoms with van der Waals surface area (Å²) < 4.78 is 2.13. The van der Waals surface area contributed by atoms with Crippen LogP contribution in [-0.4, -0.2) is 28.4 Å². The summed E-state index contributed by atoms with van der Waals surface area (Å²) in [5.41, 5.74) is 2.06. The molecule has 1 aliphatic heterocycles. The van der Waals surface area contributed by atoms with Crippen LogP contribution in [0.25, 0.3) is 10.2 Å². The van der Waals surface area contributed by atoms with Gasteiger partial charge in [-0.2, -0.15) is 0 Å². The van der Waals surface area contributed by atoms with Crippen molar-refractivity contribution in [2.75, 3.05) is 17.2 Å². The van der Waals surface area contributed by atoms with Gasteiger partial charge in [0.15, 0.2) is 4.34 Å². The zero-order valence-corrected chi connectivity index (χ0v) is 16.3. The van der Waals surface area contributed by atoms with Crippen molar-refractivity contribution in [3.8, 4) is 0 Å². The molecule has 0 saturated heterocycles. The highest BCUT2D eigenvalue weighted by Gasteiger charge is 2.24. The average molecular weight is 387 g/mol. The minimum absolute atomic E-state index is 0.159. The van der Waals surface area contributed by atoms with Crippen molar-refractivity contribution in [2.24, 2.45) is 0 Å². The van der Waals surface area contributed by atoms with E-state index in [-0.39, 0.29) is 5.91 Å². The summed E-state index contributed by atoms with van der Waals surface area (Å²) in [6.45, 7) is 3.01. The molecule has 1 aromatic heterocycles. The number of thioether (sulfide) groups is 2. The number of hydrogen-bond donors (Lipinski definition) is 0. The number of rotatable bonds is 3. The Bertz CT molecular complexity index is 875. The predicted octanol–water partition coefficient (Wildman–Crippen LogP) is 5.31. The Morgan fingerprint density at radius 2 is 2.04 bits per heavy atom. The summed E-state index contributed by atoms with van der Waals surface area (Å²) in [7, 11) is 0. The third-order valence-corrected chi connectivity index (χ3v) is 7.54. The fraction of sp³-hybridized carbons (Fsp3) is 0.263. The van der Waals surface area contributed by atoms with E-state index in [1.807, 2.05) is 47.0 Å². The molecule has 0 N–H and O–H groups in total. The monoisotopic (exact) mass is 386 g/mol.